The van der Waals surface area contributed by atoms with Crippen LogP contribution < -0.4 is 11.3 Å². The van der Waals surface area contributed by atoms with Gasteiger partial charge < -0.3 is 5.43 Å². The van der Waals surface area contributed by atoms with Crippen molar-refractivity contribution in [3.05, 3.63) is 28.8 Å². The number of hydrogen-bond acceptors (Lipinski definition) is 4. The molecule has 1 heterocycles. The predicted molar refractivity (Wildman–Crippen MR) is 69.5 cm³/mol. The van der Waals surface area contributed by atoms with Crippen LogP contribution in [-0.4, -0.2) is 17.6 Å². The van der Waals surface area contributed by atoms with E-state index in [0.717, 1.165) is 11.3 Å². The number of hydrazine groups is 1. The Labute approximate surface area is 111 Å². The number of nitrogens with zero attached hydrogens (tertiary/aromatic N) is 1. The molecule has 6 heteroatoms. The molecule has 98 valence electrons. The molecular formula is C12H16ClN3O2. The molecule has 0 aromatic heterocycles. The van der Waals surface area contributed by atoms with E-state index in [1.807, 2.05) is 13.8 Å². The number of nitrogen functional groups attached to an aromatic ring is 1. The molecule has 1 aliphatic rings. The van der Waals surface area contributed by atoms with E-state index in [4.69, 9.17) is 22.3 Å². The number of halogens is 1. The monoisotopic (exact) mass is 269 g/mol. The number of nitrogens with one attached hydrogen (secondary N) is 1. The molecule has 0 bridgehead atoms. The molecule has 0 unspecified atom stereocenters. The summed E-state index contributed by atoms with van der Waals surface area (Å²) in [5, 5.41) is 1.93. The Morgan fingerprint density at radius 3 is 2.83 bits per heavy atom. The molecule has 5 nitrogen and oxygen atoms in total. The van der Waals surface area contributed by atoms with Gasteiger partial charge in [0.1, 0.15) is 0 Å². The molecule has 0 atom stereocenters. The number of rotatable bonds is 3. The molecule has 1 amide bonds. The average molecular weight is 270 g/mol. The Morgan fingerprint density at radius 2 is 2.28 bits per heavy atom. The standard InChI is InChI=1S/C12H16ClN3O2/c1-12(2)7-18-16(11(12)17)6-8-5-9(15-14)3-4-10(8)13/h3-5,15H,6-7,14H2,1-2H3. The van der Waals surface area contributed by atoms with Crippen molar-refractivity contribution in [2.24, 2.45) is 11.3 Å². The Balaban J connectivity index is 2.17. The van der Waals surface area contributed by atoms with Gasteiger partial charge in [0.25, 0.3) is 5.91 Å². The maximum atomic E-state index is 12.0. The average Bonchev–Trinajstić information content (AvgIpc) is 2.59. The van der Waals surface area contributed by atoms with Crippen molar-refractivity contribution in [1.82, 2.24) is 5.06 Å². The zero-order valence-electron chi connectivity index (χ0n) is 10.4. The molecule has 1 saturated heterocycles. The highest BCUT2D eigenvalue weighted by molar-refractivity contribution is 6.31. The fraction of sp³-hybridized carbons (Fsp3) is 0.417. The largest absolute Gasteiger partial charge is 0.324 e. The van der Waals surface area contributed by atoms with Gasteiger partial charge >= 0.3 is 0 Å². The lowest BCUT2D eigenvalue weighted by molar-refractivity contribution is -0.165. The summed E-state index contributed by atoms with van der Waals surface area (Å²) in [5.41, 5.74) is 3.59. The maximum absolute atomic E-state index is 12.0. The second kappa shape index (κ2) is 4.76. The first-order valence-electron chi connectivity index (χ1n) is 5.64. The molecule has 18 heavy (non-hydrogen) atoms. The lowest BCUT2D eigenvalue weighted by Gasteiger charge is -2.17. The SMILES string of the molecule is CC1(C)CON(Cc2cc(NN)ccc2Cl)C1=O. The van der Waals surface area contributed by atoms with Crippen molar-refractivity contribution < 1.29 is 9.63 Å². The van der Waals surface area contributed by atoms with Crippen LogP contribution in [0.5, 0.6) is 0 Å². The van der Waals surface area contributed by atoms with Gasteiger partial charge in [-0.2, -0.15) is 0 Å². The van der Waals surface area contributed by atoms with Crippen molar-refractivity contribution in [2.75, 3.05) is 12.0 Å². The highest BCUT2D eigenvalue weighted by Crippen LogP contribution is 2.30. The van der Waals surface area contributed by atoms with Gasteiger partial charge in [0.05, 0.1) is 18.6 Å². The van der Waals surface area contributed by atoms with Crippen LogP contribution in [0.25, 0.3) is 0 Å². The van der Waals surface area contributed by atoms with Crippen molar-refractivity contribution in [3.8, 4) is 0 Å². The fourth-order valence-electron chi connectivity index (χ4n) is 1.76. The fourth-order valence-corrected chi connectivity index (χ4v) is 1.93. The number of benzene rings is 1. The molecule has 0 aliphatic carbocycles. The minimum atomic E-state index is -0.476. The van der Waals surface area contributed by atoms with Gasteiger partial charge in [-0.15, -0.1) is 0 Å². The summed E-state index contributed by atoms with van der Waals surface area (Å²) in [6.45, 7) is 4.42. The van der Waals surface area contributed by atoms with Gasteiger partial charge in [0, 0.05) is 10.7 Å². The van der Waals surface area contributed by atoms with E-state index in [9.17, 15) is 4.79 Å². The number of anilines is 1. The lowest BCUT2D eigenvalue weighted by atomic mass is 9.95. The van der Waals surface area contributed by atoms with Gasteiger partial charge in [0.15, 0.2) is 0 Å². The third-order valence-electron chi connectivity index (χ3n) is 2.91. The van der Waals surface area contributed by atoms with Gasteiger partial charge in [-0.1, -0.05) is 11.6 Å². The first-order valence-corrected chi connectivity index (χ1v) is 6.02. The Bertz CT molecular complexity index is 476. The summed E-state index contributed by atoms with van der Waals surface area (Å²) in [6.07, 6.45) is 0. The van der Waals surface area contributed by atoms with Gasteiger partial charge in [-0.3, -0.25) is 15.5 Å². The molecule has 1 aliphatic heterocycles. The molecule has 1 aromatic rings. The van der Waals surface area contributed by atoms with Crippen LogP contribution in [0.2, 0.25) is 5.02 Å². The summed E-state index contributed by atoms with van der Waals surface area (Å²) in [7, 11) is 0. The number of hydroxylamine groups is 2. The van der Waals surface area contributed by atoms with Crippen LogP contribution in [-0.2, 0) is 16.2 Å². The van der Waals surface area contributed by atoms with Crippen molar-refractivity contribution >= 4 is 23.2 Å². The normalized spacial score (nSPS) is 18.2. The van der Waals surface area contributed by atoms with Crippen LogP contribution >= 0.6 is 11.6 Å². The number of nitrogens with two attached hydrogens (primary N) is 1. The Hall–Kier alpha value is -1.30. The molecule has 0 radical (unpaired) electrons. The second-order valence-corrected chi connectivity index (χ2v) is 5.36. The molecule has 0 saturated carbocycles. The first-order chi connectivity index (χ1) is 8.44. The summed E-state index contributed by atoms with van der Waals surface area (Å²) < 4.78 is 0. The number of carbonyl (C=O) groups is 1. The highest BCUT2D eigenvalue weighted by Gasteiger charge is 2.40. The van der Waals surface area contributed by atoms with Crippen molar-refractivity contribution in [2.45, 2.75) is 20.4 Å². The predicted octanol–water partition coefficient (Wildman–Crippen LogP) is 1.93. The van der Waals surface area contributed by atoms with E-state index in [1.165, 1.54) is 5.06 Å². The van der Waals surface area contributed by atoms with E-state index in [2.05, 4.69) is 5.43 Å². The van der Waals surface area contributed by atoms with Gasteiger partial charge in [-0.25, -0.2) is 5.06 Å². The van der Waals surface area contributed by atoms with E-state index < -0.39 is 5.41 Å². The van der Waals surface area contributed by atoms with E-state index in [-0.39, 0.29) is 5.91 Å². The van der Waals surface area contributed by atoms with Crippen LogP contribution in [0.3, 0.4) is 0 Å². The smallest absolute Gasteiger partial charge is 0.254 e. The van der Waals surface area contributed by atoms with Crippen LogP contribution in [0.4, 0.5) is 5.69 Å². The summed E-state index contributed by atoms with van der Waals surface area (Å²) in [6, 6.07) is 5.30. The molecule has 3 N–H and O–H groups in total. The minimum absolute atomic E-state index is 0.0373. The number of carbonyl (C=O) groups excluding carboxylic acids is 1. The third kappa shape index (κ3) is 2.43. The molecule has 1 fully saturated rings. The molecule has 0 spiro atoms. The van der Waals surface area contributed by atoms with Crippen LogP contribution in [0.1, 0.15) is 19.4 Å². The summed E-state index contributed by atoms with van der Waals surface area (Å²) in [5.74, 6) is 5.31. The number of amides is 1. The van der Waals surface area contributed by atoms with Crippen LogP contribution in [0.15, 0.2) is 18.2 Å². The molecule has 2 rings (SSSR count). The highest BCUT2D eigenvalue weighted by atomic mass is 35.5. The minimum Gasteiger partial charge on any atom is -0.324 e. The van der Waals surface area contributed by atoms with Crippen LogP contribution in [0, 0.1) is 5.41 Å². The van der Waals surface area contributed by atoms with Gasteiger partial charge in [-0.05, 0) is 37.6 Å². The first kappa shape index (κ1) is 13.1. The van der Waals surface area contributed by atoms with Crippen molar-refractivity contribution in [3.63, 3.8) is 0 Å². The quantitative estimate of drug-likeness (QED) is 0.650. The zero-order chi connectivity index (χ0) is 13.3. The molecular weight excluding hydrogens is 254 g/mol. The second-order valence-electron chi connectivity index (χ2n) is 4.95. The molecule has 1 aromatic carbocycles. The summed E-state index contributed by atoms with van der Waals surface area (Å²) >= 11 is 6.09. The third-order valence-corrected chi connectivity index (χ3v) is 3.28. The zero-order valence-corrected chi connectivity index (χ0v) is 11.1. The Kier molecular flexibility index (Phi) is 3.47. The Morgan fingerprint density at radius 1 is 1.56 bits per heavy atom. The van der Waals surface area contributed by atoms with Crippen molar-refractivity contribution in [1.29, 1.82) is 0 Å². The topological polar surface area (TPSA) is 67.6 Å². The number of hydrogen-bond donors (Lipinski definition) is 2. The summed E-state index contributed by atoms with van der Waals surface area (Å²) in [4.78, 5) is 17.4. The lowest BCUT2D eigenvalue weighted by Crippen LogP contribution is -2.30. The van der Waals surface area contributed by atoms with E-state index >= 15 is 0 Å². The van der Waals surface area contributed by atoms with E-state index in [0.29, 0.717) is 18.2 Å². The maximum Gasteiger partial charge on any atom is 0.254 e. The van der Waals surface area contributed by atoms with Gasteiger partial charge in [0.2, 0.25) is 0 Å². The van der Waals surface area contributed by atoms with E-state index in [1.54, 1.807) is 18.2 Å².